The third-order valence-corrected chi connectivity index (χ3v) is 7.35. The summed E-state index contributed by atoms with van der Waals surface area (Å²) in [6.07, 6.45) is 37.0. The standard InChI is InChI=1S/C40H65NO7/c1-6-8-10-12-14-15-16-17-18-19-20-21-22-23-25-27-29-31-39(43)48-36(34-46-33-32-37(40(44)45)41(3,4)5)35-47-38(42)30-28-26-24-13-11-9-7-2/h8,10,14-15,17-18,20-21,23-26,36-37H,6-7,9,11-13,16,19,22,27-35H2,1-5H3/p+1/b10-8+,15-14+,18-17+,21-20+,25-23+,26-24+. The van der Waals surface area contributed by atoms with Gasteiger partial charge in [-0.3, -0.25) is 9.59 Å². The summed E-state index contributed by atoms with van der Waals surface area (Å²) in [5, 5.41) is 9.55. The number of rotatable bonds is 30. The normalized spacial score (nSPS) is 13.9. The number of aliphatic carboxylic acids is 1. The van der Waals surface area contributed by atoms with Gasteiger partial charge in [-0.05, 0) is 64.2 Å². The SMILES string of the molecule is CC/C=C/C/C=C/C/C=C/C/C=C/C/C=C/CCCC(=O)OC(COCCC(C(=O)O)[N+](C)(C)C)COC(=O)CC/C=C/CCCCC. The molecule has 0 aromatic rings. The number of carbonyl (C=O) groups is 3. The van der Waals surface area contributed by atoms with E-state index in [-0.39, 0.29) is 49.1 Å². The van der Waals surface area contributed by atoms with Crippen molar-refractivity contribution < 1.29 is 38.2 Å². The van der Waals surface area contributed by atoms with Gasteiger partial charge < -0.3 is 23.8 Å². The molecule has 2 unspecified atom stereocenters. The molecule has 0 radical (unpaired) electrons. The molecule has 0 amide bonds. The molecule has 272 valence electrons. The van der Waals surface area contributed by atoms with Crippen molar-refractivity contribution in [3.05, 3.63) is 72.9 Å². The Kier molecular flexibility index (Phi) is 29.0. The molecule has 2 atom stereocenters. The van der Waals surface area contributed by atoms with Crippen LogP contribution in [-0.4, -0.2) is 80.6 Å². The van der Waals surface area contributed by atoms with Crippen LogP contribution in [0.4, 0.5) is 0 Å². The van der Waals surface area contributed by atoms with Crippen LogP contribution in [0.2, 0.25) is 0 Å². The lowest BCUT2D eigenvalue weighted by atomic mass is 10.1. The van der Waals surface area contributed by atoms with E-state index >= 15 is 0 Å². The average Bonchev–Trinajstić information content (AvgIpc) is 3.03. The lowest BCUT2D eigenvalue weighted by molar-refractivity contribution is -0.887. The van der Waals surface area contributed by atoms with Crippen LogP contribution in [0.3, 0.4) is 0 Å². The predicted molar refractivity (Wildman–Crippen MR) is 197 cm³/mol. The summed E-state index contributed by atoms with van der Waals surface area (Å²) in [6.45, 7) is 4.41. The fourth-order valence-electron chi connectivity index (χ4n) is 4.55. The summed E-state index contributed by atoms with van der Waals surface area (Å²) >= 11 is 0. The Hall–Kier alpha value is -3.23. The van der Waals surface area contributed by atoms with Crippen molar-refractivity contribution in [1.29, 1.82) is 0 Å². The van der Waals surface area contributed by atoms with Crippen LogP contribution in [0.25, 0.3) is 0 Å². The summed E-state index contributed by atoms with van der Waals surface area (Å²) < 4.78 is 17.0. The van der Waals surface area contributed by atoms with Gasteiger partial charge in [-0.1, -0.05) is 99.6 Å². The van der Waals surface area contributed by atoms with Gasteiger partial charge in [0.25, 0.3) is 0 Å². The molecule has 0 fully saturated rings. The summed E-state index contributed by atoms with van der Waals surface area (Å²) in [5.41, 5.74) is 0. The second kappa shape index (κ2) is 31.1. The lowest BCUT2D eigenvalue weighted by Gasteiger charge is -2.31. The Labute approximate surface area is 291 Å². The van der Waals surface area contributed by atoms with E-state index < -0.39 is 18.1 Å². The highest BCUT2D eigenvalue weighted by Crippen LogP contribution is 2.10. The first-order valence-electron chi connectivity index (χ1n) is 18.0. The van der Waals surface area contributed by atoms with E-state index in [0.29, 0.717) is 19.3 Å². The van der Waals surface area contributed by atoms with Crippen LogP contribution in [0.15, 0.2) is 72.9 Å². The maximum atomic E-state index is 12.6. The van der Waals surface area contributed by atoms with Crippen molar-refractivity contribution in [3.8, 4) is 0 Å². The Morgan fingerprint density at radius 3 is 1.75 bits per heavy atom. The molecular weight excluding hydrogens is 606 g/mol. The number of carboxylic acids is 1. The van der Waals surface area contributed by atoms with E-state index in [0.717, 1.165) is 51.4 Å². The van der Waals surface area contributed by atoms with Crippen molar-refractivity contribution in [2.24, 2.45) is 0 Å². The number of carbonyl (C=O) groups excluding carboxylic acids is 2. The highest BCUT2D eigenvalue weighted by molar-refractivity contribution is 5.72. The van der Waals surface area contributed by atoms with Crippen LogP contribution in [0, 0.1) is 0 Å². The van der Waals surface area contributed by atoms with Gasteiger partial charge in [-0.2, -0.15) is 0 Å². The van der Waals surface area contributed by atoms with Gasteiger partial charge in [0, 0.05) is 19.3 Å². The largest absolute Gasteiger partial charge is 0.477 e. The number of allylic oxidation sites excluding steroid dienone is 12. The number of ether oxygens (including phenoxy) is 3. The molecular formula is C40H66NO7+. The highest BCUT2D eigenvalue weighted by atomic mass is 16.6. The average molecular weight is 673 g/mol. The van der Waals surface area contributed by atoms with Gasteiger partial charge >= 0.3 is 17.9 Å². The maximum Gasteiger partial charge on any atom is 0.362 e. The monoisotopic (exact) mass is 672 g/mol. The van der Waals surface area contributed by atoms with Crippen molar-refractivity contribution in [1.82, 2.24) is 0 Å². The molecule has 0 saturated heterocycles. The molecule has 0 aromatic carbocycles. The minimum absolute atomic E-state index is 0.0224. The molecule has 8 nitrogen and oxygen atoms in total. The van der Waals surface area contributed by atoms with Crippen LogP contribution >= 0.6 is 0 Å². The molecule has 0 spiro atoms. The predicted octanol–water partition coefficient (Wildman–Crippen LogP) is 8.85. The quantitative estimate of drug-likeness (QED) is 0.0352. The second-order valence-corrected chi connectivity index (χ2v) is 12.7. The van der Waals surface area contributed by atoms with E-state index in [4.69, 9.17) is 14.2 Å². The minimum atomic E-state index is -0.894. The lowest BCUT2D eigenvalue weighted by Crippen LogP contribution is -2.50. The smallest absolute Gasteiger partial charge is 0.362 e. The number of carboxylic acid groups (broad SMARTS) is 1. The first-order valence-corrected chi connectivity index (χ1v) is 18.0. The van der Waals surface area contributed by atoms with Gasteiger partial charge in [-0.15, -0.1) is 0 Å². The van der Waals surface area contributed by atoms with E-state index in [2.05, 4.69) is 80.7 Å². The molecule has 0 aliphatic carbocycles. The number of unbranched alkanes of at least 4 members (excludes halogenated alkanes) is 4. The van der Waals surface area contributed by atoms with Gasteiger partial charge in [0.1, 0.15) is 6.61 Å². The molecule has 0 saturated carbocycles. The van der Waals surface area contributed by atoms with Gasteiger partial charge in [0.05, 0.1) is 34.4 Å². The topological polar surface area (TPSA) is 99.1 Å². The van der Waals surface area contributed by atoms with Gasteiger partial charge in [0.2, 0.25) is 0 Å². The van der Waals surface area contributed by atoms with E-state index in [1.807, 2.05) is 27.2 Å². The molecule has 0 aromatic heterocycles. The maximum absolute atomic E-state index is 12.6. The Bertz CT molecular complexity index is 1020. The number of likely N-dealkylation sites (N-methyl/N-ethyl adjacent to an activating group) is 1. The first kappa shape index (κ1) is 44.8. The molecule has 0 aliphatic rings. The number of quaternary nitrogens is 1. The number of nitrogens with zero attached hydrogens (tertiary/aromatic N) is 1. The number of esters is 2. The summed E-state index contributed by atoms with van der Waals surface area (Å²) in [7, 11) is 5.47. The van der Waals surface area contributed by atoms with Gasteiger partial charge in [-0.25, -0.2) is 4.79 Å². The summed E-state index contributed by atoms with van der Waals surface area (Å²) in [6, 6.07) is -0.630. The Morgan fingerprint density at radius 2 is 1.19 bits per heavy atom. The molecule has 48 heavy (non-hydrogen) atoms. The van der Waals surface area contributed by atoms with E-state index in [1.54, 1.807) is 0 Å². The minimum Gasteiger partial charge on any atom is -0.477 e. The molecule has 0 bridgehead atoms. The number of hydrogen-bond donors (Lipinski definition) is 1. The summed E-state index contributed by atoms with van der Waals surface area (Å²) in [4.78, 5) is 36.5. The molecule has 0 rings (SSSR count). The Balaban J connectivity index is 4.56. The fraction of sp³-hybridized carbons (Fsp3) is 0.625. The molecule has 0 heterocycles. The van der Waals surface area contributed by atoms with Crippen LogP contribution in [0.5, 0.6) is 0 Å². The zero-order valence-corrected chi connectivity index (χ0v) is 30.7. The Morgan fingerprint density at radius 1 is 0.646 bits per heavy atom. The highest BCUT2D eigenvalue weighted by Gasteiger charge is 2.31. The summed E-state index contributed by atoms with van der Waals surface area (Å²) in [5.74, 6) is -1.63. The van der Waals surface area contributed by atoms with Crippen LogP contribution in [-0.2, 0) is 28.6 Å². The van der Waals surface area contributed by atoms with E-state index in [1.165, 1.54) is 12.8 Å². The number of hydrogen-bond acceptors (Lipinski definition) is 6. The van der Waals surface area contributed by atoms with Gasteiger partial charge in [0.15, 0.2) is 12.1 Å². The third-order valence-electron chi connectivity index (χ3n) is 7.35. The van der Waals surface area contributed by atoms with Crippen LogP contribution < -0.4 is 0 Å². The van der Waals surface area contributed by atoms with Crippen molar-refractivity contribution in [2.45, 2.75) is 122 Å². The fourth-order valence-corrected chi connectivity index (χ4v) is 4.55. The van der Waals surface area contributed by atoms with Crippen molar-refractivity contribution >= 4 is 17.9 Å². The molecule has 0 aliphatic heterocycles. The second-order valence-electron chi connectivity index (χ2n) is 12.7. The van der Waals surface area contributed by atoms with Crippen LogP contribution in [0.1, 0.15) is 110 Å². The molecule has 1 N–H and O–H groups in total. The zero-order valence-electron chi connectivity index (χ0n) is 30.7. The third kappa shape index (κ3) is 29.0. The van der Waals surface area contributed by atoms with Crippen molar-refractivity contribution in [3.63, 3.8) is 0 Å². The zero-order chi connectivity index (χ0) is 35.7. The van der Waals surface area contributed by atoms with E-state index in [9.17, 15) is 19.5 Å². The first-order chi connectivity index (χ1) is 23.1. The molecule has 8 heteroatoms. The van der Waals surface area contributed by atoms with Crippen molar-refractivity contribution in [2.75, 3.05) is 41.0 Å².